The number of carbonyl (C=O) groups is 2. The molecule has 0 unspecified atom stereocenters. The molecule has 0 aliphatic carbocycles. The molecule has 8 nitrogen and oxygen atoms in total. The molecule has 2 aromatic rings. The fourth-order valence-corrected chi connectivity index (χ4v) is 4.79. The summed E-state index contributed by atoms with van der Waals surface area (Å²) in [4.78, 5) is 25.8. The lowest BCUT2D eigenvalue weighted by Crippen LogP contribution is -2.55. The molecular weight excluding hydrogens is 494 g/mol. The molecule has 0 aliphatic rings. The minimum atomic E-state index is -2.24. The number of benzene rings is 2. The summed E-state index contributed by atoms with van der Waals surface area (Å²) in [6.45, 7) is 14.1. The topological polar surface area (TPSA) is 127 Å². The predicted molar refractivity (Wildman–Crippen MR) is 143 cm³/mol. The van der Waals surface area contributed by atoms with Gasteiger partial charge in [0.2, 0.25) is 0 Å². The van der Waals surface area contributed by atoms with Gasteiger partial charge >= 0.3 is 0 Å². The van der Waals surface area contributed by atoms with Crippen molar-refractivity contribution in [3.05, 3.63) is 63.7 Å². The Balaban J connectivity index is 2.29. The van der Waals surface area contributed by atoms with Gasteiger partial charge in [0.05, 0.1) is 28.3 Å². The first kappa shape index (κ1) is 28.9. The summed E-state index contributed by atoms with van der Waals surface area (Å²) in [5.74, 6) is -1.04. The number of hydrogen-bond acceptors (Lipinski definition) is 6. The second-order valence-electron chi connectivity index (χ2n) is 10.0. The van der Waals surface area contributed by atoms with Gasteiger partial charge in [-0.25, -0.2) is 0 Å². The highest BCUT2D eigenvalue weighted by Gasteiger charge is 2.41. The van der Waals surface area contributed by atoms with Gasteiger partial charge in [-0.2, -0.15) is 10.5 Å². The molecule has 0 aromatic heterocycles. The van der Waals surface area contributed by atoms with Gasteiger partial charge < -0.3 is 9.74 Å². The predicted octanol–water partition coefficient (Wildman–Crippen LogP) is 5.04. The van der Waals surface area contributed by atoms with E-state index < -0.39 is 32.3 Å². The summed E-state index contributed by atoms with van der Waals surface area (Å²) in [5.41, 5.74) is 7.14. The zero-order chi connectivity index (χ0) is 27.3. The Morgan fingerprint density at radius 2 is 1.64 bits per heavy atom. The lowest BCUT2D eigenvalue weighted by Gasteiger charge is -2.40. The van der Waals surface area contributed by atoms with Crippen LogP contribution in [0.3, 0.4) is 0 Å². The SMILES string of the molecule is Cc1c(N[C@@H](C(=O)NNC(=O)c2ccc(C#N)cc2)[C@H](C)O[Si](C)(C)C(C)(C)C)ccc(C#N)c1Cl. The van der Waals surface area contributed by atoms with Crippen LogP contribution in [0.15, 0.2) is 36.4 Å². The maximum Gasteiger partial charge on any atom is 0.269 e. The molecule has 10 heteroatoms. The average molecular weight is 526 g/mol. The third kappa shape index (κ3) is 6.85. The number of anilines is 1. The Morgan fingerprint density at radius 1 is 1.03 bits per heavy atom. The second kappa shape index (κ2) is 11.6. The lowest BCUT2D eigenvalue weighted by molar-refractivity contribution is -0.124. The summed E-state index contributed by atoms with van der Waals surface area (Å²) in [6, 6.07) is 12.5. The van der Waals surface area contributed by atoms with E-state index in [9.17, 15) is 14.9 Å². The van der Waals surface area contributed by atoms with Crippen molar-refractivity contribution in [3.8, 4) is 12.1 Å². The van der Waals surface area contributed by atoms with Crippen molar-refractivity contribution in [2.75, 3.05) is 5.32 Å². The Morgan fingerprint density at radius 3 is 2.17 bits per heavy atom. The van der Waals surface area contributed by atoms with Gasteiger partial charge in [0.1, 0.15) is 12.1 Å². The lowest BCUT2D eigenvalue weighted by atomic mass is 10.1. The van der Waals surface area contributed by atoms with Crippen LogP contribution in [0, 0.1) is 29.6 Å². The molecule has 0 heterocycles. The standard InChI is InChI=1S/C26H32ClN5O3Si/c1-16-21(13-12-20(15-29)22(16)27)30-23(17(2)35-36(6,7)26(3,4)5)25(34)32-31-24(33)19-10-8-18(14-28)9-11-19/h8-13,17,23,30H,1-7H3,(H,31,33)(H,32,34)/t17-,23+/m0/s1. The molecule has 2 atom stereocenters. The molecule has 2 rings (SSSR count). The molecule has 0 spiro atoms. The number of nitrogens with one attached hydrogen (secondary N) is 3. The zero-order valence-corrected chi connectivity index (χ0v) is 23.4. The Kier molecular flexibility index (Phi) is 9.28. The van der Waals surface area contributed by atoms with E-state index in [4.69, 9.17) is 21.3 Å². The van der Waals surface area contributed by atoms with E-state index in [0.717, 1.165) is 0 Å². The van der Waals surface area contributed by atoms with E-state index in [-0.39, 0.29) is 5.04 Å². The number of halogens is 1. The van der Waals surface area contributed by atoms with Crippen molar-refractivity contribution < 1.29 is 14.0 Å². The number of rotatable bonds is 7. The van der Waals surface area contributed by atoms with Crippen LogP contribution in [0.4, 0.5) is 5.69 Å². The highest BCUT2D eigenvalue weighted by atomic mass is 35.5. The van der Waals surface area contributed by atoms with Gasteiger partial charge in [0.15, 0.2) is 8.32 Å². The van der Waals surface area contributed by atoms with Crippen LogP contribution in [0.2, 0.25) is 23.2 Å². The number of nitriles is 2. The van der Waals surface area contributed by atoms with Crippen molar-refractivity contribution in [2.45, 2.75) is 64.9 Å². The maximum absolute atomic E-state index is 13.3. The fourth-order valence-electron chi connectivity index (χ4n) is 3.17. The van der Waals surface area contributed by atoms with Gasteiger partial charge in [-0.05, 0) is 73.9 Å². The molecule has 0 radical (unpaired) electrons. The quantitative estimate of drug-likeness (QED) is 0.343. The molecular formula is C26H32ClN5O3Si. The van der Waals surface area contributed by atoms with Crippen LogP contribution in [-0.4, -0.2) is 32.3 Å². The molecule has 0 fully saturated rings. The minimum Gasteiger partial charge on any atom is -0.412 e. The summed E-state index contributed by atoms with van der Waals surface area (Å²) in [5, 5.41) is 21.6. The molecule has 2 aromatic carbocycles. The van der Waals surface area contributed by atoms with Crippen LogP contribution < -0.4 is 16.2 Å². The van der Waals surface area contributed by atoms with Crippen LogP contribution >= 0.6 is 11.6 Å². The van der Waals surface area contributed by atoms with Crippen LogP contribution in [0.1, 0.15) is 54.7 Å². The van der Waals surface area contributed by atoms with E-state index in [1.165, 1.54) is 24.3 Å². The third-order valence-electron chi connectivity index (χ3n) is 6.43. The number of hydrogen-bond donors (Lipinski definition) is 3. The molecule has 2 amide bonds. The van der Waals surface area contributed by atoms with Crippen LogP contribution in [0.5, 0.6) is 0 Å². The summed E-state index contributed by atoms with van der Waals surface area (Å²) >= 11 is 6.34. The minimum absolute atomic E-state index is 0.0836. The number of hydrazine groups is 1. The van der Waals surface area contributed by atoms with E-state index in [1.807, 2.05) is 12.1 Å². The molecule has 0 aliphatic heterocycles. The van der Waals surface area contributed by atoms with Crippen molar-refractivity contribution >= 4 is 37.4 Å². The largest absolute Gasteiger partial charge is 0.412 e. The Hall–Kier alpha value is -3.37. The molecule has 0 bridgehead atoms. The molecule has 190 valence electrons. The average Bonchev–Trinajstić information content (AvgIpc) is 2.82. The van der Waals surface area contributed by atoms with E-state index >= 15 is 0 Å². The molecule has 0 saturated heterocycles. The van der Waals surface area contributed by atoms with Gasteiger partial charge in [0, 0.05) is 11.3 Å². The van der Waals surface area contributed by atoms with Crippen LogP contribution in [0.25, 0.3) is 0 Å². The maximum atomic E-state index is 13.3. The first-order valence-corrected chi connectivity index (χ1v) is 14.7. The van der Waals surface area contributed by atoms with Crippen LogP contribution in [-0.2, 0) is 9.22 Å². The van der Waals surface area contributed by atoms with Gasteiger partial charge in [-0.15, -0.1) is 0 Å². The highest BCUT2D eigenvalue weighted by Crippen LogP contribution is 2.38. The molecule has 0 saturated carbocycles. The smallest absolute Gasteiger partial charge is 0.269 e. The van der Waals surface area contributed by atoms with Gasteiger partial charge in [-0.1, -0.05) is 32.4 Å². The highest BCUT2D eigenvalue weighted by molar-refractivity contribution is 6.74. The second-order valence-corrected chi connectivity index (χ2v) is 15.2. The monoisotopic (exact) mass is 525 g/mol. The van der Waals surface area contributed by atoms with E-state index in [2.05, 4.69) is 50.0 Å². The normalized spacial score (nSPS) is 13.1. The van der Waals surface area contributed by atoms with E-state index in [0.29, 0.717) is 33.0 Å². The van der Waals surface area contributed by atoms with Gasteiger partial charge in [-0.3, -0.25) is 20.4 Å². The fraction of sp³-hybridized carbons (Fsp3) is 0.385. The van der Waals surface area contributed by atoms with Gasteiger partial charge in [0.25, 0.3) is 11.8 Å². The number of nitrogens with zero attached hydrogens (tertiary/aromatic N) is 2. The van der Waals surface area contributed by atoms with Crippen molar-refractivity contribution in [3.63, 3.8) is 0 Å². The van der Waals surface area contributed by atoms with Crippen molar-refractivity contribution in [2.24, 2.45) is 0 Å². The molecule has 36 heavy (non-hydrogen) atoms. The Bertz CT molecular complexity index is 1210. The third-order valence-corrected chi connectivity index (χ3v) is 11.5. The van der Waals surface area contributed by atoms with Crippen molar-refractivity contribution in [1.82, 2.24) is 10.9 Å². The first-order chi connectivity index (χ1) is 16.7. The summed E-state index contributed by atoms with van der Waals surface area (Å²) in [6.07, 6.45) is -0.563. The van der Waals surface area contributed by atoms with Crippen molar-refractivity contribution in [1.29, 1.82) is 10.5 Å². The summed E-state index contributed by atoms with van der Waals surface area (Å²) < 4.78 is 6.48. The Labute approximate surface area is 218 Å². The zero-order valence-electron chi connectivity index (χ0n) is 21.6. The number of carbonyl (C=O) groups excluding carboxylic acids is 2. The molecule has 3 N–H and O–H groups in total. The first-order valence-electron chi connectivity index (χ1n) is 11.5. The van der Waals surface area contributed by atoms with E-state index in [1.54, 1.807) is 26.0 Å². The number of amides is 2. The summed E-state index contributed by atoms with van der Waals surface area (Å²) in [7, 11) is -2.24.